The molecule has 9 heteroatoms. The van der Waals surface area contributed by atoms with Crippen LogP contribution in [-0.2, 0) is 9.59 Å². The van der Waals surface area contributed by atoms with Crippen LogP contribution in [0.5, 0.6) is 0 Å². The molecule has 1 aromatic carbocycles. The van der Waals surface area contributed by atoms with Crippen molar-refractivity contribution in [3.05, 3.63) is 39.4 Å². The lowest BCUT2D eigenvalue weighted by Crippen LogP contribution is -2.37. The zero-order chi connectivity index (χ0) is 16.6. The SMILES string of the molecule is C=C(C)C(=O)NC1=NN(c2c(Cl)cc(Cl)cc2Cl)C(=O)C1Br. The molecule has 0 bridgehead atoms. The van der Waals surface area contributed by atoms with E-state index in [0.29, 0.717) is 5.02 Å². The molecule has 1 atom stereocenters. The summed E-state index contributed by atoms with van der Waals surface area (Å²) in [6.45, 7) is 5.06. The number of benzene rings is 1. The van der Waals surface area contributed by atoms with Crippen LogP contribution in [-0.4, -0.2) is 22.5 Å². The third kappa shape index (κ3) is 3.30. The van der Waals surface area contributed by atoms with Crippen molar-refractivity contribution in [2.75, 3.05) is 5.01 Å². The quantitative estimate of drug-likeness (QED) is 0.579. The molecule has 2 amide bonds. The minimum Gasteiger partial charge on any atom is -0.308 e. The van der Waals surface area contributed by atoms with E-state index in [9.17, 15) is 9.59 Å². The third-order valence-corrected chi connectivity index (χ3v) is 4.32. The fraction of sp³-hybridized carbons (Fsp3) is 0.154. The number of hydrogen-bond acceptors (Lipinski definition) is 3. The molecular formula is C13H9BrCl3N3O2. The number of rotatable bonds is 2. The Hall–Kier alpha value is -1.08. The number of amidine groups is 1. The largest absolute Gasteiger partial charge is 0.308 e. The van der Waals surface area contributed by atoms with Gasteiger partial charge in [0.2, 0.25) is 0 Å². The van der Waals surface area contributed by atoms with Gasteiger partial charge >= 0.3 is 0 Å². The average Bonchev–Trinajstić information content (AvgIpc) is 2.66. The van der Waals surface area contributed by atoms with E-state index in [1.54, 1.807) is 6.92 Å². The Morgan fingerprint density at radius 3 is 2.41 bits per heavy atom. The van der Waals surface area contributed by atoms with Gasteiger partial charge in [-0.05, 0) is 19.1 Å². The second-order valence-electron chi connectivity index (χ2n) is 4.45. The van der Waals surface area contributed by atoms with E-state index in [1.165, 1.54) is 12.1 Å². The number of alkyl halides is 1. The Kier molecular flexibility index (Phi) is 5.17. The molecule has 0 saturated carbocycles. The summed E-state index contributed by atoms with van der Waals surface area (Å²) >= 11 is 21.2. The van der Waals surface area contributed by atoms with Crippen LogP contribution >= 0.6 is 50.7 Å². The molecule has 0 spiro atoms. The molecule has 1 aromatic rings. The second-order valence-corrected chi connectivity index (χ2v) is 6.62. The monoisotopic (exact) mass is 423 g/mol. The van der Waals surface area contributed by atoms with Crippen LogP contribution in [0.2, 0.25) is 15.1 Å². The van der Waals surface area contributed by atoms with Crippen LogP contribution in [0.1, 0.15) is 6.92 Å². The molecule has 116 valence electrons. The van der Waals surface area contributed by atoms with Crippen LogP contribution in [0, 0.1) is 0 Å². The van der Waals surface area contributed by atoms with Gasteiger partial charge in [-0.1, -0.05) is 57.3 Å². The molecule has 0 fully saturated rings. The van der Waals surface area contributed by atoms with Crippen LogP contribution in [0.3, 0.4) is 0 Å². The molecule has 1 N–H and O–H groups in total. The lowest BCUT2D eigenvalue weighted by molar-refractivity contribution is -0.116. The van der Waals surface area contributed by atoms with Crippen molar-refractivity contribution in [2.24, 2.45) is 5.10 Å². The van der Waals surface area contributed by atoms with Gasteiger partial charge in [0.25, 0.3) is 11.8 Å². The summed E-state index contributed by atoms with van der Waals surface area (Å²) in [5.41, 5.74) is 0.484. The van der Waals surface area contributed by atoms with E-state index in [1.807, 2.05) is 0 Å². The standard InChI is InChI=1S/C13H9BrCl3N3O2/c1-5(2)12(21)18-11-9(14)13(22)20(19-11)10-7(16)3-6(15)4-8(10)17/h3-4,9H,1H2,2H3,(H,18,19,21). The van der Waals surface area contributed by atoms with Crippen LogP contribution in [0.4, 0.5) is 5.69 Å². The molecule has 5 nitrogen and oxygen atoms in total. The van der Waals surface area contributed by atoms with Gasteiger partial charge in [-0.2, -0.15) is 5.01 Å². The maximum atomic E-state index is 12.3. The highest BCUT2D eigenvalue weighted by Gasteiger charge is 2.37. The number of nitrogens with zero attached hydrogens (tertiary/aromatic N) is 2. The molecule has 0 aromatic heterocycles. The van der Waals surface area contributed by atoms with Crippen molar-refractivity contribution < 1.29 is 9.59 Å². The Morgan fingerprint density at radius 1 is 1.36 bits per heavy atom. The summed E-state index contributed by atoms with van der Waals surface area (Å²) in [6, 6.07) is 2.89. The summed E-state index contributed by atoms with van der Waals surface area (Å²) in [4.78, 5) is 23.1. The molecule has 22 heavy (non-hydrogen) atoms. The van der Waals surface area contributed by atoms with Crippen molar-refractivity contribution in [1.29, 1.82) is 0 Å². The normalized spacial score (nSPS) is 17.5. The number of carbonyl (C=O) groups excluding carboxylic acids is 2. The molecule has 1 aliphatic rings. The van der Waals surface area contributed by atoms with Crippen LogP contribution in [0.25, 0.3) is 0 Å². The molecule has 1 aliphatic heterocycles. The molecule has 1 heterocycles. The van der Waals surface area contributed by atoms with E-state index < -0.39 is 16.6 Å². The van der Waals surface area contributed by atoms with Gasteiger partial charge in [0.1, 0.15) is 5.69 Å². The maximum Gasteiger partial charge on any atom is 0.269 e. The number of hydrogen-bond donors (Lipinski definition) is 1. The molecular weight excluding hydrogens is 416 g/mol. The van der Waals surface area contributed by atoms with Crippen molar-refractivity contribution in [2.45, 2.75) is 11.8 Å². The van der Waals surface area contributed by atoms with Gasteiger partial charge in [-0.25, -0.2) is 0 Å². The number of nitrogens with one attached hydrogen (secondary N) is 1. The van der Waals surface area contributed by atoms with E-state index in [-0.39, 0.29) is 27.1 Å². The summed E-state index contributed by atoms with van der Waals surface area (Å²) < 4.78 is 0. The first-order valence-corrected chi connectivity index (χ1v) is 7.95. The topological polar surface area (TPSA) is 61.8 Å². The molecule has 0 aliphatic carbocycles. The van der Waals surface area contributed by atoms with E-state index in [4.69, 9.17) is 34.8 Å². The molecule has 0 radical (unpaired) electrons. The number of carbonyl (C=O) groups is 2. The Bertz CT molecular complexity index is 697. The zero-order valence-corrected chi connectivity index (χ0v) is 15.0. The minimum atomic E-state index is -0.821. The highest BCUT2D eigenvalue weighted by Crippen LogP contribution is 2.38. The van der Waals surface area contributed by atoms with Crippen LogP contribution in [0.15, 0.2) is 29.4 Å². The number of halogens is 4. The Balaban J connectivity index is 2.40. The minimum absolute atomic E-state index is 0.125. The number of amides is 2. The van der Waals surface area contributed by atoms with E-state index in [2.05, 4.69) is 32.9 Å². The van der Waals surface area contributed by atoms with Crippen LogP contribution < -0.4 is 10.3 Å². The summed E-state index contributed by atoms with van der Waals surface area (Å²) in [6.07, 6.45) is 0. The van der Waals surface area contributed by atoms with Crippen molar-refractivity contribution in [1.82, 2.24) is 5.32 Å². The number of anilines is 1. The summed E-state index contributed by atoms with van der Waals surface area (Å²) in [5.74, 6) is -0.755. The lowest BCUT2D eigenvalue weighted by Gasteiger charge is -2.15. The molecule has 0 saturated heterocycles. The van der Waals surface area contributed by atoms with E-state index in [0.717, 1.165) is 5.01 Å². The summed E-state index contributed by atoms with van der Waals surface area (Å²) in [7, 11) is 0. The third-order valence-electron chi connectivity index (χ3n) is 2.70. The predicted molar refractivity (Wildman–Crippen MR) is 92.1 cm³/mol. The number of hydrazone groups is 1. The van der Waals surface area contributed by atoms with Gasteiger partial charge in [-0.3, -0.25) is 9.59 Å². The zero-order valence-electron chi connectivity index (χ0n) is 11.2. The smallest absolute Gasteiger partial charge is 0.269 e. The first-order valence-electron chi connectivity index (χ1n) is 5.90. The predicted octanol–water partition coefficient (Wildman–Crippen LogP) is 3.76. The summed E-state index contributed by atoms with van der Waals surface area (Å²) in [5, 5.41) is 8.25. The van der Waals surface area contributed by atoms with Gasteiger partial charge < -0.3 is 5.32 Å². The first kappa shape index (κ1) is 17.3. The molecule has 2 rings (SSSR count). The Labute approximate surface area is 150 Å². The highest BCUT2D eigenvalue weighted by atomic mass is 79.9. The fourth-order valence-electron chi connectivity index (χ4n) is 1.64. The van der Waals surface area contributed by atoms with Crippen molar-refractivity contribution in [3.8, 4) is 0 Å². The van der Waals surface area contributed by atoms with Gasteiger partial charge in [-0.15, -0.1) is 5.10 Å². The lowest BCUT2D eigenvalue weighted by atomic mass is 10.3. The second kappa shape index (κ2) is 6.58. The van der Waals surface area contributed by atoms with Gasteiger partial charge in [0.05, 0.1) is 10.0 Å². The van der Waals surface area contributed by atoms with Crippen molar-refractivity contribution in [3.63, 3.8) is 0 Å². The Morgan fingerprint density at radius 2 is 1.91 bits per heavy atom. The van der Waals surface area contributed by atoms with Crippen molar-refractivity contribution >= 4 is 74.1 Å². The first-order chi connectivity index (χ1) is 10.2. The maximum absolute atomic E-state index is 12.3. The average molecular weight is 425 g/mol. The fourth-order valence-corrected chi connectivity index (χ4v) is 3.02. The van der Waals surface area contributed by atoms with Gasteiger partial charge in [0.15, 0.2) is 10.7 Å². The van der Waals surface area contributed by atoms with Gasteiger partial charge in [0, 0.05) is 10.6 Å². The van der Waals surface area contributed by atoms with E-state index >= 15 is 0 Å². The molecule has 1 unspecified atom stereocenters. The highest BCUT2D eigenvalue weighted by molar-refractivity contribution is 9.10.